The first-order chi connectivity index (χ1) is 10.4. The van der Waals surface area contributed by atoms with E-state index in [1.54, 1.807) is 0 Å². The van der Waals surface area contributed by atoms with Gasteiger partial charge in [-0.2, -0.15) is 0 Å². The standard InChI is InChI=1S/C19H39NO/c1-2-3-4-5-6-7-8-9-10-13-16-20-19-15-12-11-14-18(19)17-21/h18-21H,2-17H2,1H3. The average Bonchev–Trinajstić information content (AvgIpc) is 2.53. The molecule has 0 aliphatic heterocycles. The van der Waals surface area contributed by atoms with E-state index in [4.69, 9.17) is 0 Å². The van der Waals surface area contributed by atoms with Crippen molar-refractivity contribution in [2.45, 2.75) is 103 Å². The minimum absolute atomic E-state index is 0.371. The molecule has 0 bridgehead atoms. The second kappa shape index (κ2) is 13.6. The van der Waals surface area contributed by atoms with E-state index in [-0.39, 0.29) is 0 Å². The molecule has 2 heteroatoms. The molecule has 1 fully saturated rings. The summed E-state index contributed by atoms with van der Waals surface area (Å²) in [5.74, 6) is 0.516. The van der Waals surface area contributed by atoms with Crippen molar-refractivity contribution in [3.63, 3.8) is 0 Å². The molecule has 1 aliphatic rings. The Morgan fingerprint density at radius 2 is 1.38 bits per heavy atom. The van der Waals surface area contributed by atoms with Crippen molar-refractivity contribution in [1.82, 2.24) is 5.32 Å². The number of unbranched alkanes of at least 4 members (excludes halogenated alkanes) is 9. The zero-order valence-electron chi connectivity index (χ0n) is 14.4. The van der Waals surface area contributed by atoms with Crippen molar-refractivity contribution in [2.24, 2.45) is 5.92 Å². The highest BCUT2D eigenvalue weighted by Crippen LogP contribution is 2.23. The van der Waals surface area contributed by atoms with Crippen molar-refractivity contribution < 1.29 is 5.11 Å². The van der Waals surface area contributed by atoms with Crippen LogP contribution in [0.15, 0.2) is 0 Å². The molecule has 0 saturated heterocycles. The quantitative estimate of drug-likeness (QED) is 0.466. The summed E-state index contributed by atoms with van der Waals surface area (Å²) in [7, 11) is 0. The Morgan fingerprint density at radius 1 is 0.810 bits per heavy atom. The van der Waals surface area contributed by atoms with Crippen LogP contribution in [-0.4, -0.2) is 24.3 Å². The van der Waals surface area contributed by atoms with Gasteiger partial charge in [-0.15, -0.1) is 0 Å². The first-order valence-corrected chi connectivity index (χ1v) is 9.72. The fraction of sp³-hybridized carbons (Fsp3) is 1.00. The fourth-order valence-electron chi connectivity index (χ4n) is 3.59. The van der Waals surface area contributed by atoms with E-state index in [1.807, 2.05) is 0 Å². The number of aliphatic hydroxyl groups is 1. The largest absolute Gasteiger partial charge is 0.396 e. The highest BCUT2D eigenvalue weighted by molar-refractivity contribution is 4.80. The molecular formula is C19H39NO. The lowest BCUT2D eigenvalue weighted by Crippen LogP contribution is -2.40. The lowest BCUT2D eigenvalue weighted by Gasteiger charge is -2.31. The van der Waals surface area contributed by atoms with Crippen molar-refractivity contribution in [3.8, 4) is 0 Å². The maximum atomic E-state index is 9.40. The zero-order chi connectivity index (χ0) is 15.2. The Labute approximate surface area is 133 Å². The molecule has 0 aromatic heterocycles. The summed E-state index contributed by atoms with van der Waals surface area (Å²) in [4.78, 5) is 0. The van der Waals surface area contributed by atoms with Crippen LogP contribution >= 0.6 is 0 Å². The number of aliphatic hydroxyl groups excluding tert-OH is 1. The summed E-state index contributed by atoms with van der Waals surface area (Å²) < 4.78 is 0. The molecule has 2 nitrogen and oxygen atoms in total. The number of hydrogen-bond donors (Lipinski definition) is 2. The second-order valence-corrected chi connectivity index (χ2v) is 6.97. The molecule has 2 unspecified atom stereocenters. The molecule has 126 valence electrons. The van der Waals surface area contributed by atoms with Crippen molar-refractivity contribution in [3.05, 3.63) is 0 Å². The van der Waals surface area contributed by atoms with Crippen molar-refractivity contribution >= 4 is 0 Å². The molecule has 0 heterocycles. The minimum Gasteiger partial charge on any atom is -0.396 e. The van der Waals surface area contributed by atoms with Crippen LogP contribution in [0.4, 0.5) is 0 Å². The first-order valence-electron chi connectivity index (χ1n) is 9.72. The van der Waals surface area contributed by atoms with Crippen molar-refractivity contribution in [1.29, 1.82) is 0 Å². The van der Waals surface area contributed by atoms with Gasteiger partial charge in [0.05, 0.1) is 0 Å². The van der Waals surface area contributed by atoms with Gasteiger partial charge in [0.2, 0.25) is 0 Å². The van der Waals surface area contributed by atoms with Gasteiger partial charge >= 0.3 is 0 Å². The van der Waals surface area contributed by atoms with E-state index < -0.39 is 0 Å². The molecule has 0 spiro atoms. The fourth-order valence-corrected chi connectivity index (χ4v) is 3.59. The Hall–Kier alpha value is -0.0800. The molecule has 2 N–H and O–H groups in total. The second-order valence-electron chi connectivity index (χ2n) is 6.97. The third-order valence-electron chi connectivity index (χ3n) is 5.08. The Kier molecular flexibility index (Phi) is 12.3. The Morgan fingerprint density at radius 3 is 2.00 bits per heavy atom. The van der Waals surface area contributed by atoms with E-state index in [0.717, 1.165) is 6.54 Å². The predicted octanol–water partition coefficient (Wildman–Crippen LogP) is 5.05. The normalized spacial score (nSPS) is 22.6. The van der Waals surface area contributed by atoms with Gasteiger partial charge in [-0.05, 0) is 31.7 Å². The monoisotopic (exact) mass is 297 g/mol. The summed E-state index contributed by atoms with van der Waals surface area (Å²) >= 11 is 0. The summed E-state index contributed by atoms with van der Waals surface area (Å²) in [6.07, 6.45) is 19.2. The molecule has 1 aliphatic carbocycles. The number of hydrogen-bond acceptors (Lipinski definition) is 2. The third-order valence-corrected chi connectivity index (χ3v) is 5.08. The van der Waals surface area contributed by atoms with Crippen LogP contribution in [-0.2, 0) is 0 Å². The van der Waals surface area contributed by atoms with Crippen LogP contribution in [0.5, 0.6) is 0 Å². The molecular weight excluding hydrogens is 258 g/mol. The van der Waals surface area contributed by atoms with E-state index in [2.05, 4.69) is 12.2 Å². The molecule has 0 aromatic rings. The lowest BCUT2D eigenvalue weighted by atomic mass is 9.85. The third kappa shape index (κ3) is 9.52. The van der Waals surface area contributed by atoms with Gasteiger partial charge in [-0.3, -0.25) is 0 Å². The van der Waals surface area contributed by atoms with Gasteiger partial charge in [0.15, 0.2) is 0 Å². The Balaban J connectivity index is 1.83. The van der Waals surface area contributed by atoms with Crippen LogP contribution in [0.3, 0.4) is 0 Å². The van der Waals surface area contributed by atoms with Crippen LogP contribution in [0.2, 0.25) is 0 Å². The summed E-state index contributed by atoms with van der Waals surface area (Å²) in [5.41, 5.74) is 0. The maximum Gasteiger partial charge on any atom is 0.0474 e. The van der Waals surface area contributed by atoms with Gasteiger partial charge in [-0.25, -0.2) is 0 Å². The lowest BCUT2D eigenvalue weighted by molar-refractivity contribution is 0.153. The van der Waals surface area contributed by atoms with E-state index >= 15 is 0 Å². The molecule has 1 rings (SSSR count). The van der Waals surface area contributed by atoms with Crippen LogP contribution in [0.1, 0.15) is 96.8 Å². The van der Waals surface area contributed by atoms with Gasteiger partial charge in [0, 0.05) is 12.6 Å². The number of rotatable bonds is 13. The van der Waals surface area contributed by atoms with E-state index in [9.17, 15) is 5.11 Å². The van der Waals surface area contributed by atoms with Crippen LogP contribution in [0.25, 0.3) is 0 Å². The summed E-state index contributed by atoms with van der Waals surface area (Å²) in [6, 6.07) is 0.585. The smallest absolute Gasteiger partial charge is 0.0474 e. The van der Waals surface area contributed by atoms with Gasteiger partial charge in [0.1, 0.15) is 0 Å². The first kappa shape index (κ1) is 19.0. The highest BCUT2D eigenvalue weighted by atomic mass is 16.3. The predicted molar refractivity (Wildman–Crippen MR) is 92.7 cm³/mol. The topological polar surface area (TPSA) is 32.3 Å². The van der Waals surface area contributed by atoms with Crippen molar-refractivity contribution in [2.75, 3.05) is 13.2 Å². The van der Waals surface area contributed by atoms with Crippen LogP contribution < -0.4 is 5.32 Å². The molecule has 2 atom stereocenters. The van der Waals surface area contributed by atoms with Crippen LogP contribution in [0, 0.1) is 5.92 Å². The number of nitrogens with one attached hydrogen (secondary N) is 1. The molecule has 21 heavy (non-hydrogen) atoms. The SMILES string of the molecule is CCCCCCCCCCCCNC1CCCCC1CO. The molecule has 0 aromatic carbocycles. The minimum atomic E-state index is 0.371. The van der Waals surface area contributed by atoms with Gasteiger partial charge in [0.25, 0.3) is 0 Å². The summed E-state index contributed by atoms with van der Waals surface area (Å²) in [5, 5.41) is 13.1. The molecule has 0 amide bonds. The average molecular weight is 298 g/mol. The Bertz CT molecular complexity index is 220. The highest BCUT2D eigenvalue weighted by Gasteiger charge is 2.23. The maximum absolute atomic E-state index is 9.40. The van der Waals surface area contributed by atoms with Gasteiger partial charge < -0.3 is 10.4 Å². The zero-order valence-corrected chi connectivity index (χ0v) is 14.4. The van der Waals surface area contributed by atoms with E-state index in [0.29, 0.717) is 18.6 Å². The molecule has 0 radical (unpaired) electrons. The summed E-state index contributed by atoms with van der Waals surface area (Å²) in [6.45, 7) is 3.80. The van der Waals surface area contributed by atoms with Gasteiger partial charge in [-0.1, -0.05) is 77.6 Å². The van der Waals surface area contributed by atoms with E-state index in [1.165, 1.54) is 89.9 Å². The molecule has 1 saturated carbocycles.